The van der Waals surface area contributed by atoms with Gasteiger partial charge in [0.2, 0.25) is 0 Å². The molecule has 0 amide bonds. The van der Waals surface area contributed by atoms with E-state index in [1.165, 1.54) is 0 Å². The number of benzene rings is 2. The third-order valence-electron chi connectivity index (χ3n) is 3.91. The molecule has 1 unspecified atom stereocenters. The molecule has 0 fully saturated rings. The maximum Gasteiger partial charge on any atom is 0.323 e. The van der Waals surface area contributed by atoms with Gasteiger partial charge in [-0.25, -0.2) is 0 Å². The Hall–Kier alpha value is -1.55. The molecule has 1 N–H and O–H groups in total. The molecule has 2 rings (SSSR count). The summed E-state index contributed by atoms with van der Waals surface area (Å²) >= 11 is 12.0. The van der Waals surface area contributed by atoms with Gasteiger partial charge in [0, 0.05) is 6.54 Å². The van der Waals surface area contributed by atoms with Gasteiger partial charge in [0.1, 0.15) is 6.04 Å². The second-order valence-electron chi connectivity index (χ2n) is 5.81. The normalized spacial score (nSPS) is 12.0. The number of aryl methyl sites for hydroxylation is 1. The Morgan fingerprint density at radius 3 is 2.52 bits per heavy atom. The minimum absolute atomic E-state index is 0.201. The topological polar surface area (TPSA) is 38.3 Å². The van der Waals surface area contributed by atoms with Gasteiger partial charge < -0.3 is 10.1 Å². The van der Waals surface area contributed by atoms with Gasteiger partial charge in [-0.05, 0) is 49.4 Å². The summed E-state index contributed by atoms with van der Waals surface area (Å²) in [6, 6.07) is 15.3. The lowest BCUT2D eigenvalue weighted by molar-refractivity contribution is -0.145. The standard InChI is InChI=1S/C20H23Cl2NO2/c1-2-25-20(24)19(23-14-16-7-4-3-5-8-16)10-6-9-15-11-12-17(21)18(22)13-15/h3-5,7-8,11-13,19,23H,2,6,9-10,14H2,1H3. The molecule has 1 atom stereocenters. The monoisotopic (exact) mass is 379 g/mol. The van der Waals surface area contributed by atoms with Gasteiger partial charge in [-0.2, -0.15) is 0 Å². The number of hydrogen-bond acceptors (Lipinski definition) is 3. The first-order valence-electron chi connectivity index (χ1n) is 8.48. The van der Waals surface area contributed by atoms with Crippen LogP contribution in [0.5, 0.6) is 0 Å². The highest BCUT2D eigenvalue weighted by molar-refractivity contribution is 6.42. The van der Waals surface area contributed by atoms with E-state index in [1.807, 2.05) is 49.4 Å². The first-order valence-corrected chi connectivity index (χ1v) is 9.23. The van der Waals surface area contributed by atoms with E-state index >= 15 is 0 Å². The van der Waals surface area contributed by atoms with E-state index in [1.54, 1.807) is 6.07 Å². The van der Waals surface area contributed by atoms with Crippen molar-refractivity contribution in [3.05, 3.63) is 69.7 Å². The van der Waals surface area contributed by atoms with Crippen LogP contribution in [0.15, 0.2) is 48.5 Å². The zero-order valence-electron chi connectivity index (χ0n) is 14.3. The molecule has 0 aliphatic rings. The van der Waals surface area contributed by atoms with Gasteiger partial charge in [-0.1, -0.05) is 59.6 Å². The first-order chi connectivity index (χ1) is 12.1. The summed E-state index contributed by atoms with van der Waals surface area (Å²) in [7, 11) is 0. The molecule has 5 heteroatoms. The molecule has 25 heavy (non-hydrogen) atoms. The molecule has 2 aromatic rings. The number of esters is 1. The Labute approximate surface area is 159 Å². The average Bonchev–Trinajstić information content (AvgIpc) is 2.62. The highest BCUT2D eigenvalue weighted by Gasteiger charge is 2.18. The Bertz CT molecular complexity index is 677. The van der Waals surface area contributed by atoms with Crippen LogP contribution < -0.4 is 5.32 Å². The zero-order chi connectivity index (χ0) is 18.1. The van der Waals surface area contributed by atoms with Crippen molar-refractivity contribution in [2.24, 2.45) is 0 Å². The van der Waals surface area contributed by atoms with Gasteiger partial charge in [-0.15, -0.1) is 0 Å². The van der Waals surface area contributed by atoms with E-state index in [0.29, 0.717) is 29.6 Å². The van der Waals surface area contributed by atoms with Crippen molar-refractivity contribution in [2.45, 2.75) is 38.8 Å². The lowest BCUT2D eigenvalue weighted by Crippen LogP contribution is -2.37. The van der Waals surface area contributed by atoms with Gasteiger partial charge in [0.25, 0.3) is 0 Å². The van der Waals surface area contributed by atoms with Crippen LogP contribution in [-0.2, 0) is 22.5 Å². The smallest absolute Gasteiger partial charge is 0.323 e. The highest BCUT2D eigenvalue weighted by atomic mass is 35.5. The summed E-state index contributed by atoms with van der Waals surface area (Å²) in [5.41, 5.74) is 2.25. The minimum atomic E-state index is -0.317. The number of carbonyl (C=O) groups excluding carboxylic acids is 1. The summed E-state index contributed by atoms with van der Waals surface area (Å²) in [4.78, 5) is 12.2. The second-order valence-corrected chi connectivity index (χ2v) is 6.63. The fourth-order valence-electron chi connectivity index (χ4n) is 2.59. The van der Waals surface area contributed by atoms with Crippen molar-refractivity contribution in [3.8, 4) is 0 Å². The summed E-state index contributed by atoms with van der Waals surface area (Å²) in [6.45, 7) is 2.84. The predicted octanol–water partition coefficient (Wildman–Crippen LogP) is 5.04. The SMILES string of the molecule is CCOC(=O)C(CCCc1ccc(Cl)c(Cl)c1)NCc1ccccc1. The van der Waals surface area contributed by atoms with Gasteiger partial charge in [-0.3, -0.25) is 4.79 Å². The molecule has 0 saturated heterocycles. The van der Waals surface area contributed by atoms with E-state index in [9.17, 15) is 4.79 Å². The van der Waals surface area contributed by atoms with Crippen molar-refractivity contribution in [1.29, 1.82) is 0 Å². The van der Waals surface area contributed by atoms with E-state index in [-0.39, 0.29) is 12.0 Å². The fourth-order valence-corrected chi connectivity index (χ4v) is 2.91. The number of rotatable bonds is 9. The molecular weight excluding hydrogens is 357 g/mol. The Morgan fingerprint density at radius 2 is 1.84 bits per heavy atom. The predicted molar refractivity (Wildman–Crippen MR) is 103 cm³/mol. The number of ether oxygens (including phenoxy) is 1. The molecule has 0 aromatic heterocycles. The molecular formula is C20H23Cl2NO2. The summed E-state index contributed by atoms with van der Waals surface area (Å²) < 4.78 is 5.19. The van der Waals surface area contributed by atoms with Crippen LogP contribution in [0.1, 0.15) is 30.9 Å². The van der Waals surface area contributed by atoms with Crippen molar-refractivity contribution in [3.63, 3.8) is 0 Å². The zero-order valence-corrected chi connectivity index (χ0v) is 15.8. The second kappa shape index (κ2) is 10.4. The van der Waals surface area contributed by atoms with Gasteiger partial charge in [0.15, 0.2) is 0 Å². The van der Waals surface area contributed by atoms with Crippen LogP contribution in [-0.4, -0.2) is 18.6 Å². The van der Waals surface area contributed by atoms with Crippen molar-refractivity contribution in [2.75, 3.05) is 6.61 Å². The van der Waals surface area contributed by atoms with Crippen molar-refractivity contribution >= 4 is 29.2 Å². The minimum Gasteiger partial charge on any atom is -0.465 e. The summed E-state index contributed by atoms with van der Waals surface area (Å²) in [6.07, 6.45) is 2.38. The highest BCUT2D eigenvalue weighted by Crippen LogP contribution is 2.23. The first kappa shape index (κ1) is 19.8. The van der Waals surface area contributed by atoms with E-state index in [4.69, 9.17) is 27.9 Å². The molecule has 0 heterocycles. The van der Waals surface area contributed by atoms with Crippen molar-refractivity contribution < 1.29 is 9.53 Å². The molecule has 0 saturated carbocycles. The molecule has 2 aromatic carbocycles. The third-order valence-corrected chi connectivity index (χ3v) is 4.65. The van der Waals surface area contributed by atoms with Crippen molar-refractivity contribution in [1.82, 2.24) is 5.32 Å². The average molecular weight is 380 g/mol. The van der Waals surface area contributed by atoms with Crippen LogP contribution in [0.4, 0.5) is 0 Å². The number of halogens is 2. The lowest BCUT2D eigenvalue weighted by Gasteiger charge is -2.17. The van der Waals surface area contributed by atoms with Crippen LogP contribution in [0.2, 0.25) is 10.0 Å². The summed E-state index contributed by atoms with van der Waals surface area (Å²) in [5.74, 6) is -0.201. The lowest BCUT2D eigenvalue weighted by atomic mass is 10.0. The molecule has 0 bridgehead atoms. The van der Waals surface area contributed by atoms with Crippen LogP contribution in [0.3, 0.4) is 0 Å². The number of hydrogen-bond donors (Lipinski definition) is 1. The molecule has 0 aliphatic heterocycles. The molecule has 3 nitrogen and oxygen atoms in total. The van der Waals surface area contributed by atoms with Crippen LogP contribution in [0.25, 0.3) is 0 Å². The molecule has 134 valence electrons. The van der Waals surface area contributed by atoms with Crippen LogP contribution >= 0.6 is 23.2 Å². The Balaban J connectivity index is 1.88. The van der Waals surface area contributed by atoms with E-state index in [2.05, 4.69) is 5.32 Å². The Morgan fingerprint density at radius 1 is 1.08 bits per heavy atom. The number of carbonyl (C=O) groups is 1. The fraction of sp³-hybridized carbons (Fsp3) is 0.350. The number of nitrogens with one attached hydrogen (secondary N) is 1. The quantitative estimate of drug-likeness (QED) is 0.620. The third kappa shape index (κ3) is 6.69. The molecule has 0 spiro atoms. The van der Waals surface area contributed by atoms with E-state index in [0.717, 1.165) is 24.0 Å². The molecule has 0 radical (unpaired) electrons. The molecule has 0 aliphatic carbocycles. The maximum absolute atomic E-state index is 12.2. The van der Waals surface area contributed by atoms with E-state index < -0.39 is 0 Å². The Kier molecular flexibility index (Phi) is 8.26. The largest absolute Gasteiger partial charge is 0.465 e. The van der Waals surface area contributed by atoms with Gasteiger partial charge >= 0.3 is 5.97 Å². The van der Waals surface area contributed by atoms with Gasteiger partial charge in [0.05, 0.1) is 16.7 Å². The maximum atomic E-state index is 12.2. The summed E-state index contributed by atoms with van der Waals surface area (Å²) in [5, 5.41) is 4.42. The van der Waals surface area contributed by atoms with Crippen LogP contribution in [0, 0.1) is 0 Å².